The van der Waals surface area contributed by atoms with Gasteiger partial charge in [0.2, 0.25) is 10.0 Å². The molecule has 0 radical (unpaired) electrons. The lowest BCUT2D eigenvalue weighted by atomic mass is 10.1. The summed E-state index contributed by atoms with van der Waals surface area (Å²) in [5.41, 5.74) is 1.90. The van der Waals surface area contributed by atoms with Crippen LogP contribution in [0.2, 0.25) is 0 Å². The monoisotopic (exact) mass is 296 g/mol. The van der Waals surface area contributed by atoms with Crippen molar-refractivity contribution in [2.24, 2.45) is 5.92 Å². The topological polar surface area (TPSA) is 49.4 Å². The fraction of sp³-hybridized carbons (Fsp3) is 0.600. The summed E-state index contributed by atoms with van der Waals surface area (Å²) < 4.78 is 27.2. The van der Waals surface area contributed by atoms with E-state index in [0.29, 0.717) is 30.4 Å². The van der Waals surface area contributed by atoms with Crippen LogP contribution in [0.4, 0.5) is 0 Å². The standard InChI is InChI=1S/C15H24N2O2S/c1-4-17(11-13-8-9-13)20(18,19)15-7-5-6-14(10-16-3)12(15)2/h5-7,13,16H,4,8-11H2,1-3H3. The summed E-state index contributed by atoms with van der Waals surface area (Å²) in [7, 11) is -1.51. The van der Waals surface area contributed by atoms with Gasteiger partial charge in [0.15, 0.2) is 0 Å². The SMILES string of the molecule is CCN(CC1CC1)S(=O)(=O)c1cccc(CNC)c1C. The predicted molar refractivity (Wildman–Crippen MR) is 81.1 cm³/mol. The molecule has 1 aliphatic carbocycles. The van der Waals surface area contributed by atoms with Crippen LogP contribution in [0.15, 0.2) is 23.1 Å². The van der Waals surface area contributed by atoms with Crippen LogP contribution in [0.3, 0.4) is 0 Å². The smallest absolute Gasteiger partial charge is 0.243 e. The van der Waals surface area contributed by atoms with Crippen LogP contribution < -0.4 is 5.32 Å². The number of nitrogens with one attached hydrogen (secondary N) is 1. The van der Waals surface area contributed by atoms with Crippen molar-refractivity contribution < 1.29 is 8.42 Å². The van der Waals surface area contributed by atoms with Gasteiger partial charge in [-0.1, -0.05) is 19.1 Å². The molecule has 1 N–H and O–H groups in total. The molecule has 1 fully saturated rings. The van der Waals surface area contributed by atoms with E-state index in [4.69, 9.17) is 0 Å². The highest BCUT2D eigenvalue weighted by molar-refractivity contribution is 7.89. The Kier molecular flexibility index (Phi) is 4.83. The van der Waals surface area contributed by atoms with E-state index in [2.05, 4.69) is 5.32 Å². The number of sulfonamides is 1. The third kappa shape index (κ3) is 3.22. The average molecular weight is 296 g/mol. The van der Waals surface area contributed by atoms with Crippen molar-refractivity contribution in [3.63, 3.8) is 0 Å². The molecule has 112 valence electrons. The lowest BCUT2D eigenvalue weighted by molar-refractivity contribution is 0.411. The van der Waals surface area contributed by atoms with Crippen molar-refractivity contribution in [2.75, 3.05) is 20.1 Å². The first kappa shape index (κ1) is 15.5. The third-order valence-corrected chi connectivity index (χ3v) is 5.98. The van der Waals surface area contributed by atoms with Gasteiger partial charge in [0.25, 0.3) is 0 Å². The van der Waals surface area contributed by atoms with Gasteiger partial charge in [0.1, 0.15) is 0 Å². The maximum atomic E-state index is 12.8. The molecule has 20 heavy (non-hydrogen) atoms. The Morgan fingerprint density at radius 3 is 2.60 bits per heavy atom. The zero-order valence-electron chi connectivity index (χ0n) is 12.5. The summed E-state index contributed by atoms with van der Waals surface area (Å²) >= 11 is 0. The molecule has 1 saturated carbocycles. The summed E-state index contributed by atoms with van der Waals surface area (Å²) in [5.74, 6) is 0.561. The number of hydrogen-bond acceptors (Lipinski definition) is 3. The van der Waals surface area contributed by atoms with E-state index in [1.165, 1.54) is 0 Å². The molecule has 5 heteroatoms. The maximum absolute atomic E-state index is 12.8. The van der Waals surface area contributed by atoms with Crippen molar-refractivity contribution in [1.29, 1.82) is 0 Å². The highest BCUT2D eigenvalue weighted by atomic mass is 32.2. The second kappa shape index (κ2) is 6.24. The second-order valence-electron chi connectivity index (χ2n) is 5.47. The molecule has 0 unspecified atom stereocenters. The molecule has 0 atom stereocenters. The molecule has 0 bridgehead atoms. The zero-order chi connectivity index (χ0) is 14.8. The van der Waals surface area contributed by atoms with Crippen molar-refractivity contribution >= 4 is 10.0 Å². The van der Waals surface area contributed by atoms with Gasteiger partial charge >= 0.3 is 0 Å². The Morgan fingerprint density at radius 2 is 2.05 bits per heavy atom. The lowest BCUT2D eigenvalue weighted by Crippen LogP contribution is -2.33. The first-order valence-electron chi connectivity index (χ1n) is 7.24. The number of nitrogens with zero attached hydrogens (tertiary/aromatic N) is 1. The largest absolute Gasteiger partial charge is 0.316 e. The van der Waals surface area contributed by atoms with Gasteiger partial charge in [0.05, 0.1) is 4.90 Å². The second-order valence-corrected chi connectivity index (χ2v) is 7.38. The highest BCUT2D eigenvalue weighted by Gasteiger charge is 2.31. The Bertz CT molecular complexity index is 565. The van der Waals surface area contributed by atoms with Crippen molar-refractivity contribution in [1.82, 2.24) is 9.62 Å². The van der Waals surface area contributed by atoms with Crippen LogP contribution >= 0.6 is 0 Å². The number of benzene rings is 1. The molecule has 1 aliphatic rings. The summed E-state index contributed by atoms with van der Waals surface area (Å²) in [6, 6.07) is 5.53. The summed E-state index contributed by atoms with van der Waals surface area (Å²) in [4.78, 5) is 0.452. The third-order valence-electron chi connectivity index (χ3n) is 3.89. The van der Waals surface area contributed by atoms with E-state index < -0.39 is 10.0 Å². The van der Waals surface area contributed by atoms with Gasteiger partial charge in [-0.3, -0.25) is 0 Å². The van der Waals surface area contributed by atoms with Gasteiger partial charge in [0, 0.05) is 19.6 Å². The van der Waals surface area contributed by atoms with E-state index in [1.54, 1.807) is 10.4 Å². The molecule has 2 rings (SSSR count). The molecule has 0 heterocycles. The van der Waals surface area contributed by atoms with Gasteiger partial charge in [-0.2, -0.15) is 4.31 Å². The molecule has 0 amide bonds. The van der Waals surface area contributed by atoms with Gasteiger partial charge in [-0.15, -0.1) is 0 Å². The molecule has 0 spiro atoms. The fourth-order valence-electron chi connectivity index (χ4n) is 2.45. The van der Waals surface area contributed by atoms with E-state index in [9.17, 15) is 8.42 Å². The summed E-state index contributed by atoms with van der Waals surface area (Å²) in [6.45, 7) is 5.68. The minimum atomic E-state index is -3.37. The first-order valence-corrected chi connectivity index (χ1v) is 8.68. The van der Waals surface area contributed by atoms with E-state index in [-0.39, 0.29) is 0 Å². The molecule has 1 aromatic carbocycles. The van der Waals surface area contributed by atoms with Crippen LogP contribution in [-0.4, -0.2) is 32.9 Å². The van der Waals surface area contributed by atoms with E-state index in [0.717, 1.165) is 24.0 Å². The van der Waals surface area contributed by atoms with Gasteiger partial charge in [-0.05, 0) is 49.9 Å². The molecule has 1 aromatic rings. The normalized spacial score (nSPS) is 15.8. The van der Waals surface area contributed by atoms with Crippen molar-refractivity contribution in [3.05, 3.63) is 29.3 Å². The Hall–Kier alpha value is -0.910. The van der Waals surface area contributed by atoms with Gasteiger partial charge < -0.3 is 5.32 Å². The zero-order valence-corrected chi connectivity index (χ0v) is 13.3. The molecule has 4 nitrogen and oxygen atoms in total. The van der Waals surface area contributed by atoms with E-state index in [1.807, 2.05) is 33.0 Å². The maximum Gasteiger partial charge on any atom is 0.243 e. The Labute approximate surface area is 122 Å². The van der Waals surface area contributed by atoms with E-state index >= 15 is 0 Å². The summed E-state index contributed by atoms with van der Waals surface area (Å²) in [5, 5.41) is 3.08. The Morgan fingerprint density at radius 1 is 1.35 bits per heavy atom. The van der Waals surface area contributed by atoms with Crippen molar-refractivity contribution in [3.8, 4) is 0 Å². The van der Waals surface area contributed by atoms with Crippen molar-refractivity contribution in [2.45, 2.75) is 38.1 Å². The van der Waals surface area contributed by atoms with Crippen LogP contribution in [0.1, 0.15) is 30.9 Å². The lowest BCUT2D eigenvalue weighted by Gasteiger charge is -2.22. The molecule has 0 aromatic heterocycles. The minimum Gasteiger partial charge on any atom is -0.316 e. The Balaban J connectivity index is 2.34. The number of rotatable bonds is 7. The molecule has 0 saturated heterocycles. The quantitative estimate of drug-likeness (QED) is 0.838. The average Bonchev–Trinajstić information content (AvgIpc) is 3.22. The number of hydrogen-bond donors (Lipinski definition) is 1. The van der Waals surface area contributed by atoms with Crippen LogP contribution in [0.25, 0.3) is 0 Å². The van der Waals surface area contributed by atoms with Crippen LogP contribution in [0.5, 0.6) is 0 Å². The summed E-state index contributed by atoms with van der Waals surface area (Å²) in [6.07, 6.45) is 2.32. The molecular weight excluding hydrogens is 272 g/mol. The predicted octanol–water partition coefficient (Wildman–Crippen LogP) is 2.14. The minimum absolute atomic E-state index is 0.452. The van der Waals surface area contributed by atoms with Crippen LogP contribution in [-0.2, 0) is 16.6 Å². The molecule has 0 aliphatic heterocycles. The van der Waals surface area contributed by atoms with Gasteiger partial charge in [-0.25, -0.2) is 8.42 Å². The highest BCUT2D eigenvalue weighted by Crippen LogP contribution is 2.32. The fourth-order valence-corrected chi connectivity index (χ4v) is 4.24. The van der Waals surface area contributed by atoms with Crippen LogP contribution in [0, 0.1) is 12.8 Å². The first-order chi connectivity index (χ1) is 9.50. The molecular formula is C15H24N2O2S.